The number of aromatic nitrogens is 2. The highest BCUT2D eigenvalue weighted by Gasteiger charge is 2.34. The zero-order chi connectivity index (χ0) is 20.4. The molecule has 11 heteroatoms. The van der Waals surface area contributed by atoms with Crippen LogP contribution in [0.1, 0.15) is 12.8 Å². The Morgan fingerprint density at radius 1 is 1.24 bits per heavy atom. The minimum atomic E-state index is -3.58. The number of halogens is 1. The minimum absolute atomic E-state index is 0.00819. The van der Waals surface area contributed by atoms with Crippen molar-refractivity contribution in [2.45, 2.75) is 17.1 Å². The number of carbonyl (C=O) groups is 1. The van der Waals surface area contributed by atoms with Crippen LogP contribution in [-0.2, 0) is 14.8 Å². The van der Waals surface area contributed by atoms with Crippen molar-refractivity contribution in [3.05, 3.63) is 46.3 Å². The Kier molecular flexibility index (Phi) is 5.81. The monoisotopic (exact) mass is 496 g/mol. The van der Waals surface area contributed by atoms with Crippen molar-refractivity contribution >= 4 is 49.2 Å². The minimum Gasteiger partial charge on any atom is -0.403 e. The molecule has 1 N–H and O–H groups in total. The molecule has 2 aromatic heterocycles. The molecule has 3 heterocycles. The number of sulfonamides is 1. The third kappa shape index (κ3) is 4.42. The van der Waals surface area contributed by atoms with E-state index in [1.807, 2.05) is 24.3 Å². The van der Waals surface area contributed by atoms with Gasteiger partial charge in [-0.3, -0.25) is 10.1 Å². The van der Waals surface area contributed by atoms with Gasteiger partial charge in [0.1, 0.15) is 4.21 Å². The number of anilines is 1. The van der Waals surface area contributed by atoms with Gasteiger partial charge < -0.3 is 4.42 Å². The van der Waals surface area contributed by atoms with Crippen molar-refractivity contribution in [3.8, 4) is 11.5 Å². The van der Waals surface area contributed by atoms with Gasteiger partial charge in [0.25, 0.3) is 10.0 Å². The fourth-order valence-corrected chi connectivity index (χ4v) is 6.04. The summed E-state index contributed by atoms with van der Waals surface area (Å²) in [7, 11) is -3.58. The van der Waals surface area contributed by atoms with Gasteiger partial charge in [-0.15, -0.1) is 16.4 Å². The van der Waals surface area contributed by atoms with Crippen LogP contribution < -0.4 is 5.32 Å². The normalized spacial score (nSPS) is 17.9. The molecule has 0 spiro atoms. The van der Waals surface area contributed by atoms with E-state index in [2.05, 4.69) is 31.4 Å². The molecule has 1 aliphatic heterocycles. The van der Waals surface area contributed by atoms with Gasteiger partial charge in [0.05, 0.1) is 5.92 Å². The number of hydrogen-bond acceptors (Lipinski definition) is 7. The maximum atomic E-state index is 12.7. The summed E-state index contributed by atoms with van der Waals surface area (Å²) in [5.74, 6) is -0.526. The number of amides is 1. The fraction of sp³-hybridized carbons (Fsp3) is 0.278. The summed E-state index contributed by atoms with van der Waals surface area (Å²) < 4.78 is 33.5. The quantitative estimate of drug-likeness (QED) is 0.578. The van der Waals surface area contributed by atoms with Crippen LogP contribution in [0.2, 0.25) is 0 Å². The third-order valence-corrected chi connectivity index (χ3v) is 8.36. The molecule has 8 nitrogen and oxygen atoms in total. The molecule has 1 atom stereocenters. The Morgan fingerprint density at radius 2 is 2.03 bits per heavy atom. The number of rotatable bonds is 5. The van der Waals surface area contributed by atoms with Gasteiger partial charge in [-0.25, -0.2) is 8.42 Å². The van der Waals surface area contributed by atoms with Crippen LogP contribution in [-0.4, -0.2) is 41.9 Å². The van der Waals surface area contributed by atoms with E-state index in [-0.39, 0.29) is 22.7 Å². The summed E-state index contributed by atoms with van der Waals surface area (Å²) in [6.45, 7) is 0.526. The molecule has 1 amide bonds. The molecule has 4 rings (SSSR count). The zero-order valence-electron chi connectivity index (χ0n) is 15.1. The third-order valence-electron chi connectivity index (χ3n) is 4.59. The number of benzene rings is 1. The summed E-state index contributed by atoms with van der Waals surface area (Å²) in [6, 6.07) is 10.6. The van der Waals surface area contributed by atoms with Crippen LogP contribution in [0.5, 0.6) is 0 Å². The summed E-state index contributed by atoms with van der Waals surface area (Å²) in [4.78, 5) is 12.7. The average Bonchev–Trinajstić information content (AvgIpc) is 3.41. The van der Waals surface area contributed by atoms with Crippen molar-refractivity contribution in [2.24, 2.45) is 5.92 Å². The summed E-state index contributed by atoms with van der Waals surface area (Å²) >= 11 is 4.53. The molecule has 0 bridgehead atoms. The molecule has 152 valence electrons. The molecule has 3 aromatic rings. The molecule has 1 saturated heterocycles. The molecule has 1 unspecified atom stereocenters. The van der Waals surface area contributed by atoms with Crippen LogP contribution in [0.3, 0.4) is 0 Å². The molecular weight excluding hydrogens is 480 g/mol. The lowest BCUT2D eigenvalue weighted by molar-refractivity contribution is -0.121. The average molecular weight is 497 g/mol. The van der Waals surface area contributed by atoms with E-state index in [0.717, 1.165) is 10.0 Å². The highest BCUT2D eigenvalue weighted by molar-refractivity contribution is 9.10. The molecular formula is C18H17BrN4O4S2. The highest BCUT2D eigenvalue weighted by Crippen LogP contribution is 2.27. The van der Waals surface area contributed by atoms with E-state index in [0.29, 0.717) is 25.3 Å². The number of thiophene rings is 1. The van der Waals surface area contributed by atoms with Crippen molar-refractivity contribution in [1.29, 1.82) is 0 Å². The predicted molar refractivity (Wildman–Crippen MR) is 112 cm³/mol. The number of piperidine rings is 1. The first kappa shape index (κ1) is 20.2. The van der Waals surface area contributed by atoms with Crippen molar-refractivity contribution in [2.75, 3.05) is 18.4 Å². The lowest BCUT2D eigenvalue weighted by Crippen LogP contribution is -2.43. The van der Waals surface area contributed by atoms with Crippen LogP contribution in [0, 0.1) is 5.92 Å². The van der Waals surface area contributed by atoms with Crippen LogP contribution >= 0.6 is 27.3 Å². The number of hydrogen-bond donors (Lipinski definition) is 1. The second-order valence-corrected chi connectivity index (χ2v) is 10.6. The molecule has 0 radical (unpaired) electrons. The highest BCUT2D eigenvalue weighted by atomic mass is 79.9. The van der Waals surface area contributed by atoms with E-state index in [1.165, 1.54) is 15.6 Å². The number of nitrogens with zero attached hydrogens (tertiary/aromatic N) is 3. The Bertz CT molecular complexity index is 1100. The predicted octanol–water partition coefficient (Wildman–Crippen LogP) is 3.60. The standard InChI is InChI=1S/C18H17BrN4O4S2/c19-14-7-5-12(6-8-14)17-21-22-18(27-17)20-16(24)13-3-1-9-23(11-13)29(25,26)15-4-2-10-28-15/h2,4-8,10,13H,1,3,9,11H2,(H,20,22,24). The van der Waals surface area contributed by atoms with E-state index >= 15 is 0 Å². The van der Waals surface area contributed by atoms with Crippen molar-refractivity contribution in [3.63, 3.8) is 0 Å². The van der Waals surface area contributed by atoms with E-state index in [4.69, 9.17) is 4.42 Å². The Morgan fingerprint density at radius 3 is 2.76 bits per heavy atom. The van der Waals surface area contributed by atoms with Crippen molar-refractivity contribution in [1.82, 2.24) is 14.5 Å². The molecule has 1 fully saturated rings. The topological polar surface area (TPSA) is 105 Å². The zero-order valence-corrected chi connectivity index (χ0v) is 18.3. The molecule has 29 heavy (non-hydrogen) atoms. The van der Waals surface area contributed by atoms with Gasteiger partial charge in [0.15, 0.2) is 0 Å². The Hall–Kier alpha value is -2.08. The van der Waals surface area contributed by atoms with Gasteiger partial charge in [0.2, 0.25) is 11.8 Å². The first-order valence-corrected chi connectivity index (χ1v) is 12.0. The van der Waals surface area contributed by atoms with Gasteiger partial charge >= 0.3 is 6.01 Å². The summed E-state index contributed by atoms with van der Waals surface area (Å²) in [6.07, 6.45) is 1.20. The second-order valence-electron chi connectivity index (χ2n) is 6.54. The molecule has 0 aliphatic carbocycles. The maximum Gasteiger partial charge on any atom is 0.322 e. The number of nitrogens with one attached hydrogen (secondary N) is 1. The van der Waals surface area contributed by atoms with Crippen LogP contribution in [0.4, 0.5) is 6.01 Å². The van der Waals surface area contributed by atoms with Gasteiger partial charge in [-0.1, -0.05) is 27.1 Å². The largest absolute Gasteiger partial charge is 0.403 e. The van der Waals surface area contributed by atoms with Crippen LogP contribution in [0.15, 0.2) is 54.9 Å². The van der Waals surface area contributed by atoms with Gasteiger partial charge in [-0.05, 0) is 48.6 Å². The molecule has 0 saturated carbocycles. The number of carbonyl (C=O) groups excluding carboxylic acids is 1. The summed E-state index contributed by atoms with van der Waals surface area (Å²) in [5, 5.41) is 12.2. The molecule has 1 aliphatic rings. The SMILES string of the molecule is O=C(Nc1nnc(-c2ccc(Br)cc2)o1)C1CCCN(S(=O)(=O)c2cccs2)C1. The summed E-state index contributed by atoms with van der Waals surface area (Å²) in [5.41, 5.74) is 0.729. The van der Waals surface area contributed by atoms with E-state index in [1.54, 1.807) is 17.5 Å². The fourth-order valence-electron chi connectivity index (χ4n) is 3.10. The van der Waals surface area contributed by atoms with Gasteiger partial charge in [0, 0.05) is 23.1 Å². The van der Waals surface area contributed by atoms with Crippen LogP contribution in [0.25, 0.3) is 11.5 Å². The Labute approximate surface area is 180 Å². The second kappa shape index (κ2) is 8.34. The van der Waals surface area contributed by atoms with Gasteiger partial charge in [-0.2, -0.15) is 4.31 Å². The maximum absolute atomic E-state index is 12.7. The van der Waals surface area contributed by atoms with E-state index < -0.39 is 15.9 Å². The lowest BCUT2D eigenvalue weighted by atomic mass is 9.99. The molecule has 1 aromatic carbocycles. The van der Waals surface area contributed by atoms with E-state index in [9.17, 15) is 13.2 Å². The lowest BCUT2D eigenvalue weighted by Gasteiger charge is -2.30. The first-order valence-electron chi connectivity index (χ1n) is 8.87. The Balaban J connectivity index is 1.43. The van der Waals surface area contributed by atoms with Crippen molar-refractivity contribution < 1.29 is 17.6 Å². The smallest absolute Gasteiger partial charge is 0.322 e. The first-order chi connectivity index (χ1) is 13.9.